The van der Waals surface area contributed by atoms with Crippen molar-refractivity contribution in [2.75, 3.05) is 57.2 Å². The predicted molar refractivity (Wildman–Crippen MR) is 137 cm³/mol. The van der Waals surface area contributed by atoms with Crippen LogP contribution in [0.1, 0.15) is 31.5 Å². The van der Waals surface area contributed by atoms with Crippen LogP contribution in [-0.4, -0.2) is 81.1 Å². The molecule has 1 N–H and O–H groups in total. The normalized spacial score (nSPS) is 15.3. The van der Waals surface area contributed by atoms with Crippen molar-refractivity contribution < 1.29 is 4.74 Å². The van der Waals surface area contributed by atoms with E-state index >= 15 is 0 Å². The number of anilines is 3. The van der Waals surface area contributed by atoms with Crippen LogP contribution in [0, 0.1) is 0 Å². The Hall–Kier alpha value is -3.50. The Balaban J connectivity index is 1.49. The SMILES string of the molecule is CC(C)n1cnc2c(Nc3cnn([C@@H](CN(C)C)c4ccccc4)c3)nc(N3CCOCC3)nc21. The summed E-state index contributed by atoms with van der Waals surface area (Å²) >= 11 is 0. The van der Waals surface area contributed by atoms with E-state index in [1.54, 1.807) is 0 Å². The fourth-order valence-corrected chi connectivity index (χ4v) is 4.35. The fourth-order valence-electron chi connectivity index (χ4n) is 4.35. The van der Waals surface area contributed by atoms with Crippen LogP contribution in [0.25, 0.3) is 11.2 Å². The van der Waals surface area contributed by atoms with Gasteiger partial charge in [0.1, 0.15) is 0 Å². The Bertz CT molecular complexity index is 1260. The number of nitrogens with zero attached hydrogens (tertiary/aromatic N) is 8. The average Bonchev–Trinajstić information content (AvgIpc) is 3.51. The second-order valence-corrected chi connectivity index (χ2v) is 9.41. The Kier molecular flexibility index (Phi) is 6.65. The van der Waals surface area contributed by atoms with Crippen molar-refractivity contribution in [1.82, 2.24) is 34.2 Å². The number of rotatable bonds is 8. The van der Waals surface area contributed by atoms with Crippen molar-refractivity contribution in [3.8, 4) is 0 Å². The molecule has 184 valence electrons. The Morgan fingerprint density at radius 2 is 1.86 bits per heavy atom. The molecule has 5 rings (SSSR count). The van der Waals surface area contributed by atoms with Gasteiger partial charge in [-0.25, -0.2) is 4.98 Å². The molecule has 10 heteroatoms. The van der Waals surface area contributed by atoms with Crippen LogP contribution >= 0.6 is 0 Å². The van der Waals surface area contributed by atoms with Gasteiger partial charge in [-0.15, -0.1) is 0 Å². The molecule has 1 aromatic carbocycles. The van der Waals surface area contributed by atoms with Crippen LogP contribution in [0.3, 0.4) is 0 Å². The van der Waals surface area contributed by atoms with E-state index < -0.39 is 0 Å². The summed E-state index contributed by atoms with van der Waals surface area (Å²) in [5.74, 6) is 1.37. The van der Waals surface area contributed by atoms with E-state index in [2.05, 4.69) is 76.9 Å². The summed E-state index contributed by atoms with van der Waals surface area (Å²) in [6.07, 6.45) is 5.71. The largest absolute Gasteiger partial charge is 0.378 e. The number of benzene rings is 1. The molecule has 1 aliphatic heterocycles. The molecule has 4 aromatic rings. The smallest absolute Gasteiger partial charge is 0.229 e. The number of imidazole rings is 1. The first kappa shape index (κ1) is 23.3. The van der Waals surface area contributed by atoms with Gasteiger partial charge in [-0.05, 0) is 33.5 Å². The van der Waals surface area contributed by atoms with Crippen LogP contribution in [0.5, 0.6) is 0 Å². The molecule has 1 fully saturated rings. The molecule has 4 heterocycles. The Morgan fingerprint density at radius 3 is 2.57 bits per heavy atom. The van der Waals surface area contributed by atoms with Crippen molar-refractivity contribution in [3.05, 3.63) is 54.6 Å². The van der Waals surface area contributed by atoms with Gasteiger partial charge in [0.05, 0.1) is 37.5 Å². The predicted octanol–water partition coefficient (Wildman–Crippen LogP) is 3.33. The van der Waals surface area contributed by atoms with Crippen LogP contribution in [0.4, 0.5) is 17.5 Å². The molecule has 0 spiro atoms. The lowest BCUT2D eigenvalue weighted by molar-refractivity contribution is 0.122. The summed E-state index contributed by atoms with van der Waals surface area (Å²) in [6.45, 7) is 7.97. The van der Waals surface area contributed by atoms with Gasteiger partial charge in [0.15, 0.2) is 17.0 Å². The van der Waals surface area contributed by atoms with Crippen molar-refractivity contribution >= 4 is 28.6 Å². The first-order valence-electron chi connectivity index (χ1n) is 12.1. The highest BCUT2D eigenvalue weighted by Crippen LogP contribution is 2.28. The van der Waals surface area contributed by atoms with Gasteiger partial charge in [-0.3, -0.25) is 4.68 Å². The number of ether oxygens (including phenoxy) is 1. The lowest BCUT2D eigenvalue weighted by Crippen LogP contribution is -2.37. The number of fused-ring (bicyclic) bond motifs is 1. The molecule has 0 amide bonds. The molecule has 0 unspecified atom stereocenters. The third-order valence-corrected chi connectivity index (χ3v) is 6.17. The number of likely N-dealkylation sites (N-methyl/N-ethyl adjacent to an activating group) is 1. The van der Waals surface area contributed by atoms with E-state index in [0.717, 1.165) is 36.5 Å². The Morgan fingerprint density at radius 1 is 1.09 bits per heavy atom. The fraction of sp³-hybridized carbons (Fsp3) is 0.440. The van der Waals surface area contributed by atoms with Crippen molar-refractivity contribution in [3.63, 3.8) is 0 Å². The van der Waals surface area contributed by atoms with E-state index in [-0.39, 0.29) is 12.1 Å². The van der Waals surface area contributed by atoms with Crippen molar-refractivity contribution in [2.24, 2.45) is 0 Å². The number of hydrogen-bond donors (Lipinski definition) is 1. The molecular formula is C25H33N9O. The maximum atomic E-state index is 5.53. The number of hydrogen-bond acceptors (Lipinski definition) is 8. The zero-order chi connectivity index (χ0) is 24.4. The summed E-state index contributed by atoms with van der Waals surface area (Å²) in [5.41, 5.74) is 3.64. The van der Waals surface area contributed by atoms with E-state index in [0.29, 0.717) is 25.0 Å². The molecule has 0 aliphatic carbocycles. The third-order valence-electron chi connectivity index (χ3n) is 6.17. The van der Waals surface area contributed by atoms with Crippen molar-refractivity contribution in [2.45, 2.75) is 25.9 Å². The number of aromatic nitrogens is 6. The van der Waals surface area contributed by atoms with Crippen molar-refractivity contribution in [1.29, 1.82) is 0 Å². The molecule has 1 aliphatic rings. The minimum atomic E-state index is 0.0937. The van der Waals surface area contributed by atoms with E-state index in [9.17, 15) is 0 Å². The Labute approximate surface area is 205 Å². The molecule has 0 bridgehead atoms. The van der Waals surface area contributed by atoms with Crippen LogP contribution in [-0.2, 0) is 4.74 Å². The van der Waals surface area contributed by atoms with Crippen LogP contribution in [0.15, 0.2) is 49.1 Å². The molecule has 0 radical (unpaired) electrons. The highest BCUT2D eigenvalue weighted by Gasteiger charge is 2.21. The highest BCUT2D eigenvalue weighted by molar-refractivity contribution is 5.86. The third kappa shape index (κ3) is 4.98. The molecular weight excluding hydrogens is 442 g/mol. The van der Waals surface area contributed by atoms with Crippen LogP contribution in [0.2, 0.25) is 0 Å². The zero-order valence-electron chi connectivity index (χ0n) is 20.8. The zero-order valence-corrected chi connectivity index (χ0v) is 20.8. The van der Waals surface area contributed by atoms with E-state index in [1.807, 2.05) is 29.5 Å². The summed E-state index contributed by atoms with van der Waals surface area (Å²) in [5, 5.41) is 8.18. The first-order chi connectivity index (χ1) is 17.0. The topological polar surface area (TPSA) is 89.2 Å². The van der Waals surface area contributed by atoms with Gasteiger partial charge >= 0.3 is 0 Å². The second-order valence-electron chi connectivity index (χ2n) is 9.41. The molecule has 3 aromatic heterocycles. The van der Waals surface area contributed by atoms with Gasteiger partial charge in [0.2, 0.25) is 5.95 Å². The van der Waals surface area contributed by atoms with Gasteiger partial charge < -0.3 is 24.4 Å². The summed E-state index contributed by atoms with van der Waals surface area (Å²) in [6, 6.07) is 10.8. The van der Waals surface area contributed by atoms with E-state index in [1.165, 1.54) is 5.56 Å². The van der Waals surface area contributed by atoms with Gasteiger partial charge in [0.25, 0.3) is 0 Å². The van der Waals surface area contributed by atoms with Gasteiger partial charge in [0, 0.05) is 31.9 Å². The maximum absolute atomic E-state index is 5.53. The first-order valence-corrected chi connectivity index (χ1v) is 12.1. The summed E-state index contributed by atoms with van der Waals surface area (Å²) < 4.78 is 9.61. The highest BCUT2D eigenvalue weighted by atomic mass is 16.5. The standard InChI is InChI=1S/C25H33N9O/c1-18(2)33-17-26-22-23(29-25(30-24(22)33)32-10-12-35-13-11-32)28-20-14-27-34(15-20)21(16-31(3)4)19-8-6-5-7-9-19/h5-9,14-15,17-18,21H,10-13,16H2,1-4H3,(H,28,29,30)/t21-/m0/s1. The lowest BCUT2D eigenvalue weighted by atomic mass is 10.1. The molecule has 1 saturated heterocycles. The minimum Gasteiger partial charge on any atom is -0.378 e. The average molecular weight is 476 g/mol. The molecule has 1 atom stereocenters. The monoisotopic (exact) mass is 475 g/mol. The molecule has 35 heavy (non-hydrogen) atoms. The van der Waals surface area contributed by atoms with Gasteiger partial charge in [-0.2, -0.15) is 15.1 Å². The summed E-state index contributed by atoms with van der Waals surface area (Å²) in [7, 11) is 4.16. The van der Waals surface area contributed by atoms with Crippen LogP contribution < -0.4 is 10.2 Å². The number of nitrogens with one attached hydrogen (secondary N) is 1. The van der Waals surface area contributed by atoms with E-state index in [4.69, 9.17) is 19.8 Å². The summed E-state index contributed by atoms with van der Waals surface area (Å²) in [4.78, 5) is 18.7. The quantitative estimate of drug-likeness (QED) is 0.415. The molecule has 0 saturated carbocycles. The number of morpholine rings is 1. The van der Waals surface area contributed by atoms with Gasteiger partial charge in [-0.1, -0.05) is 30.3 Å². The minimum absolute atomic E-state index is 0.0937. The molecule has 10 nitrogen and oxygen atoms in total. The maximum Gasteiger partial charge on any atom is 0.229 e. The second kappa shape index (κ2) is 10.0. The lowest BCUT2D eigenvalue weighted by Gasteiger charge is -2.27.